The van der Waals surface area contributed by atoms with Gasteiger partial charge in [-0.1, -0.05) is 5.16 Å². The molecule has 0 unspecified atom stereocenters. The molecule has 0 spiro atoms. The number of benzene rings is 1. The number of nitrogens with zero attached hydrogens (tertiary/aromatic N) is 1. The number of methoxy groups -OCH3 is 2. The largest absolute Gasteiger partial charge is 0.495 e. The molecule has 2 amide bonds. The molecule has 2 N–H and O–H groups in total. The van der Waals surface area contributed by atoms with Crippen LogP contribution in [0.25, 0.3) is 0 Å². The number of anilines is 2. The monoisotopic (exact) mass is 355 g/mol. The van der Waals surface area contributed by atoms with Crippen LogP contribution < -0.4 is 20.1 Å². The normalized spacial score (nSPS) is 10.1. The zero-order valence-corrected chi connectivity index (χ0v) is 13.3. The van der Waals surface area contributed by atoms with Crippen LogP contribution in [0.5, 0.6) is 11.5 Å². The van der Waals surface area contributed by atoms with Crippen LogP contribution in [0.2, 0.25) is 0 Å². The first kappa shape index (κ1) is 15.2. The Balaban J connectivity index is 2.14. The topological polar surface area (TPSA) is 85.6 Å². The number of carbonyl (C=O) groups is 1. The van der Waals surface area contributed by atoms with Gasteiger partial charge in [0.05, 0.1) is 24.4 Å². The molecule has 2 aromatic rings. The summed E-state index contributed by atoms with van der Waals surface area (Å²) in [4.78, 5) is 11.9. The fourth-order valence-electron chi connectivity index (χ4n) is 1.65. The van der Waals surface area contributed by atoms with Crippen molar-refractivity contribution in [3.05, 3.63) is 28.4 Å². The standard InChI is InChI=1S/C13H14BrN3O4/c1-7-4-12(17-21-7)16-13(18)15-9-5-8(14)10(19-2)6-11(9)20-3/h4-6H,1-3H3,(H2,15,16,17,18). The van der Waals surface area contributed by atoms with Gasteiger partial charge in [0.2, 0.25) is 0 Å². The highest BCUT2D eigenvalue weighted by molar-refractivity contribution is 9.10. The molecule has 21 heavy (non-hydrogen) atoms. The van der Waals surface area contributed by atoms with E-state index in [1.165, 1.54) is 7.11 Å². The first-order valence-corrected chi connectivity index (χ1v) is 6.75. The number of ether oxygens (including phenoxy) is 2. The van der Waals surface area contributed by atoms with E-state index in [9.17, 15) is 4.79 Å². The molecule has 0 aliphatic rings. The lowest BCUT2D eigenvalue weighted by Gasteiger charge is -2.13. The molecule has 0 saturated heterocycles. The molecule has 0 aliphatic heterocycles. The first-order valence-electron chi connectivity index (χ1n) is 5.96. The van der Waals surface area contributed by atoms with E-state index in [0.29, 0.717) is 33.2 Å². The smallest absolute Gasteiger partial charge is 0.325 e. The van der Waals surface area contributed by atoms with E-state index in [1.807, 2.05) is 0 Å². The van der Waals surface area contributed by atoms with Crippen molar-refractivity contribution in [3.63, 3.8) is 0 Å². The molecule has 0 saturated carbocycles. The van der Waals surface area contributed by atoms with Crippen molar-refractivity contribution in [1.29, 1.82) is 0 Å². The molecule has 1 heterocycles. The Kier molecular flexibility index (Phi) is 4.69. The van der Waals surface area contributed by atoms with Crippen LogP contribution in [-0.4, -0.2) is 25.4 Å². The fourth-order valence-corrected chi connectivity index (χ4v) is 2.16. The van der Waals surface area contributed by atoms with E-state index in [1.54, 1.807) is 32.2 Å². The first-order chi connectivity index (χ1) is 10.0. The Morgan fingerprint density at radius 2 is 1.90 bits per heavy atom. The van der Waals surface area contributed by atoms with E-state index in [4.69, 9.17) is 14.0 Å². The van der Waals surface area contributed by atoms with E-state index >= 15 is 0 Å². The SMILES string of the molecule is COc1cc(OC)c(NC(=O)Nc2cc(C)on2)cc1Br. The van der Waals surface area contributed by atoms with Crippen LogP contribution >= 0.6 is 15.9 Å². The van der Waals surface area contributed by atoms with Gasteiger partial charge in [0, 0.05) is 12.1 Å². The summed E-state index contributed by atoms with van der Waals surface area (Å²) in [5.74, 6) is 2.01. The number of nitrogens with one attached hydrogen (secondary N) is 2. The molecule has 0 radical (unpaired) electrons. The van der Waals surface area contributed by atoms with Crippen molar-refractivity contribution in [2.24, 2.45) is 0 Å². The molecule has 1 aromatic heterocycles. The van der Waals surface area contributed by atoms with Gasteiger partial charge in [0.25, 0.3) is 0 Å². The number of urea groups is 1. The summed E-state index contributed by atoms with van der Waals surface area (Å²) in [5, 5.41) is 8.90. The Labute approximate surface area is 129 Å². The minimum atomic E-state index is -0.460. The molecular weight excluding hydrogens is 342 g/mol. The van der Waals surface area contributed by atoms with Crippen LogP contribution in [-0.2, 0) is 0 Å². The van der Waals surface area contributed by atoms with Gasteiger partial charge in [-0.2, -0.15) is 0 Å². The number of amides is 2. The highest BCUT2D eigenvalue weighted by Crippen LogP contribution is 2.36. The summed E-state index contributed by atoms with van der Waals surface area (Å²) in [5.41, 5.74) is 0.489. The van der Waals surface area contributed by atoms with E-state index in [0.717, 1.165) is 0 Å². The number of hydrogen-bond acceptors (Lipinski definition) is 5. The molecule has 0 atom stereocenters. The minimum absolute atomic E-state index is 0.330. The quantitative estimate of drug-likeness (QED) is 0.877. The molecule has 0 aliphatic carbocycles. The summed E-state index contributed by atoms with van der Waals surface area (Å²) >= 11 is 3.35. The van der Waals surface area contributed by atoms with Crippen LogP contribution in [0.4, 0.5) is 16.3 Å². The van der Waals surface area contributed by atoms with Crippen molar-refractivity contribution < 1.29 is 18.8 Å². The van der Waals surface area contributed by atoms with E-state index in [2.05, 4.69) is 31.7 Å². The highest BCUT2D eigenvalue weighted by atomic mass is 79.9. The molecule has 8 heteroatoms. The lowest BCUT2D eigenvalue weighted by Crippen LogP contribution is -2.20. The van der Waals surface area contributed by atoms with Gasteiger partial charge in [-0.05, 0) is 28.9 Å². The zero-order chi connectivity index (χ0) is 15.4. The second kappa shape index (κ2) is 6.49. The van der Waals surface area contributed by atoms with Gasteiger partial charge in [-0.25, -0.2) is 4.79 Å². The number of carbonyl (C=O) groups excluding carboxylic acids is 1. The summed E-state index contributed by atoms with van der Waals surface area (Å²) < 4.78 is 16.0. The third-order valence-corrected chi connectivity index (χ3v) is 3.21. The van der Waals surface area contributed by atoms with Crippen molar-refractivity contribution in [2.75, 3.05) is 24.9 Å². The predicted octanol–water partition coefficient (Wildman–Crippen LogP) is 3.41. The molecule has 0 fully saturated rings. The second-order valence-corrected chi connectivity index (χ2v) is 4.94. The Bertz CT molecular complexity index is 657. The predicted molar refractivity (Wildman–Crippen MR) is 81.1 cm³/mol. The molecule has 112 valence electrons. The van der Waals surface area contributed by atoms with E-state index < -0.39 is 6.03 Å². The van der Waals surface area contributed by atoms with Crippen molar-refractivity contribution >= 4 is 33.5 Å². The zero-order valence-electron chi connectivity index (χ0n) is 11.7. The number of hydrogen-bond donors (Lipinski definition) is 2. The fraction of sp³-hybridized carbons (Fsp3) is 0.231. The van der Waals surface area contributed by atoms with Gasteiger partial charge in [0.15, 0.2) is 5.82 Å². The number of aryl methyl sites for hydroxylation is 1. The molecule has 1 aromatic carbocycles. The number of halogens is 1. The third-order valence-electron chi connectivity index (χ3n) is 2.59. The van der Waals surface area contributed by atoms with Crippen molar-refractivity contribution in [2.45, 2.75) is 6.92 Å². The molecular formula is C13H14BrN3O4. The lowest BCUT2D eigenvalue weighted by molar-refractivity contribution is 0.261. The summed E-state index contributed by atoms with van der Waals surface area (Å²) in [6.45, 7) is 1.74. The average Bonchev–Trinajstić information content (AvgIpc) is 2.84. The molecule has 2 rings (SSSR count). The van der Waals surface area contributed by atoms with Gasteiger partial charge in [0.1, 0.15) is 17.3 Å². The Morgan fingerprint density at radius 1 is 1.19 bits per heavy atom. The molecule has 7 nitrogen and oxygen atoms in total. The van der Waals surface area contributed by atoms with Crippen LogP contribution in [0.1, 0.15) is 5.76 Å². The number of aromatic nitrogens is 1. The number of rotatable bonds is 4. The van der Waals surface area contributed by atoms with Gasteiger partial charge < -0.3 is 19.3 Å². The maximum atomic E-state index is 11.9. The van der Waals surface area contributed by atoms with Crippen LogP contribution in [0, 0.1) is 6.92 Å². The highest BCUT2D eigenvalue weighted by Gasteiger charge is 2.13. The Hall–Kier alpha value is -2.22. The van der Waals surface area contributed by atoms with Crippen LogP contribution in [0.15, 0.2) is 27.2 Å². The van der Waals surface area contributed by atoms with Gasteiger partial charge >= 0.3 is 6.03 Å². The second-order valence-electron chi connectivity index (χ2n) is 4.09. The Morgan fingerprint density at radius 3 is 2.48 bits per heavy atom. The van der Waals surface area contributed by atoms with Crippen molar-refractivity contribution in [3.8, 4) is 11.5 Å². The third kappa shape index (κ3) is 3.66. The summed E-state index contributed by atoms with van der Waals surface area (Å²) in [6, 6.07) is 4.50. The maximum Gasteiger partial charge on any atom is 0.325 e. The van der Waals surface area contributed by atoms with Crippen LogP contribution in [0.3, 0.4) is 0 Å². The maximum absolute atomic E-state index is 11.9. The van der Waals surface area contributed by atoms with E-state index in [-0.39, 0.29) is 0 Å². The molecule has 0 bridgehead atoms. The van der Waals surface area contributed by atoms with Gasteiger partial charge in [-0.3, -0.25) is 5.32 Å². The summed E-state index contributed by atoms with van der Waals surface area (Å²) in [7, 11) is 3.05. The average molecular weight is 356 g/mol. The van der Waals surface area contributed by atoms with Gasteiger partial charge in [-0.15, -0.1) is 0 Å². The summed E-state index contributed by atoms with van der Waals surface area (Å²) in [6.07, 6.45) is 0. The lowest BCUT2D eigenvalue weighted by atomic mass is 10.2. The van der Waals surface area contributed by atoms with Crippen molar-refractivity contribution in [1.82, 2.24) is 5.16 Å². The minimum Gasteiger partial charge on any atom is -0.495 e.